The summed E-state index contributed by atoms with van der Waals surface area (Å²) in [5.41, 5.74) is 0.931. The van der Waals surface area contributed by atoms with Gasteiger partial charge in [0.1, 0.15) is 23.0 Å². The molecule has 1 atom stereocenters. The van der Waals surface area contributed by atoms with Crippen molar-refractivity contribution in [2.45, 2.75) is 12.3 Å². The highest BCUT2D eigenvalue weighted by molar-refractivity contribution is 5.82. The Hall–Kier alpha value is -3.19. The first kappa shape index (κ1) is 15.7. The van der Waals surface area contributed by atoms with Crippen molar-refractivity contribution in [2.75, 3.05) is 0 Å². The first-order valence-electron chi connectivity index (χ1n) is 7.47. The maximum absolute atomic E-state index is 13.4. The van der Waals surface area contributed by atoms with E-state index in [2.05, 4.69) is 6.58 Å². The van der Waals surface area contributed by atoms with Gasteiger partial charge < -0.3 is 4.42 Å². The molecule has 0 bridgehead atoms. The van der Waals surface area contributed by atoms with Crippen molar-refractivity contribution in [3.8, 4) is 6.07 Å². The van der Waals surface area contributed by atoms with Crippen molar-refractivity contribution in [2.24, 2.45) is 0 Å². The molecule has 0 N–H and O–H groups in total. The van der Waals surface area contributed by atoms with Crippen LogP contribution in [-0.4, -0.2) is 0 Å². The Labute approximate surface area is 138 Å². The molecule has 118 valence electrons. The summed E-state index contributed by atoms with van der Waals surface area (Å²) in [6, 6.07) is 15.6. The molecule has 0 aliphatic rings. The largest absolute Gasteiger partial charge is 0.422 e. The number of nitrogens with zero attached hydrogens (tertiary/aromatic N) is 1. The molecule has 0 amide bonds. The molecule has 2 aromatic carbocycles. The van der Waals surface area contributed by atoms with Crippen molar-refractivity contribution in [1.29, 1.82) is 5.26 Å². The van der Waals surface area contributed by atoms with E-state index in [0.29, 0.717) is 17.4 Å². The third kappa shape index (κ3) is 2.84. The average Bonchev–Trinajstić information content (AvgIpc) is 2.59. The Morgan fingerprint density at radius 1 is 1.25 bits per heavy atom. The van der Waals surface area contributed by atoms with E-state index in [1.165, 1.54) is 12.1 Å². The molecule has 0 unspecified atom stereocenters. The Kier molecular flexibility index (Phi) is 4.26. The van der Waals surface area contributed by atoms with Crippen LogP contribution in [0.1, 0.15) is 22.6 Å². The van der Waals surface area contributed by atoms with Crippen molar-refractivity contribution in [3.63, 3.8) is 0 Å². The summed E-state index contributed by atoms with van der Waals surface area (Å²) in [6.45, 7) is 3.86. The summed E-state index contributed by atoms with van der Waals surface area (Å²) in [5.74, 6) is -0.571. The third-order valence-corrected chi connectivity index (χ3v) is 4.03. The lowest BCUT2D eigenvalue weighted by Gasteiger charge is -2.15. The second kappa shape index (κ2) is 6.51. The van der Waals surface area contributed by atoms with Gasteiger partial charge in [-0.3, -0.25) is 0 Å². The maximum Gasteiger partial charge on any atom is 0.354 e. The van der Waals surface area contributed by atoms with Gasteiger partial charge in [0.05, 0.1) is 0 Å². The highest BCUT2D eigenvalue weighted by Crippen LogP contribution is 2.28. The van der Waals surface area contributed by atoms with Crippen LogP contribution >= 0.6 is 0 Å². The number of allylic oxidation sites excluding steroid dienone is 1. The standard InChI is InChI=1S/C20H14FNO2/c1-2-13(14-6-4-3-5-7-14)10-17-16-9-8-15(21)11-19(16)24-20(23)18(17)12-22/h2-9,11,13H,1,10H2/t13-/m1/s1. The van der Waals surface area contributed by atoms with E-state index in [0.717, 1.165) is 11.6 Å². The van der Waals surface area contributed by atoms with Crippen LogP contribution in [0.2, 0.25) is 0 Å². The fourth-order valence-corrected chi connectivity index (χ4v) is 2.82. The molecular weight excluding hydrogens is 305 g/mol. The fourth-order valence-electron chi connectivity index (χ4n) is 2.82. The number of halogens is 1. The Morgan fingerprint density at radius 2 is 2.00 bits per heavy atom. The Morgan fingerprint density at radius 3 is 2.67 bits per heavy atom. The van der Waals surface area contributed by atoms with Gasteiger partial charge in [0.25, 0.3) is 0 Å². The van der Waals surface area contributed by atoms with Crippen LogP contribution in [0, 0.1) is 17.1 Å². The summed E-state index contributed by atoms with van der Waals surface area (Å²) >= 11 is 0. The van der Waals surface area contributed by atoms with E-state index in [1.807, 2.05) is 36.4 Å². The highest BCUT2D eigenvalue weighted by atomic mass is 19.1. The first-order chi connectivity index (χ1) is 11.6. The minimum atomic E-state index is -0.749. The molecule has 1 aromatic heterocycles. The lowest BCUT2D eigenvalue weighted by atomic mass is 9.89. The van der Waals surface area contributed by atoms with Crippen LogP contribution in [-0.2, 0) is 6.42 Å². The second-order valence-corrected chi connectivity index (χ2v) is 5.45. The predicted octanol–water partition coefficient (Wildman–Crippen LogP) is 4.32. The van der Waals surface area contributed by atoms with Gasteiger partial charge >= 0.3 is 5.63 Å². The zero-order valence-electron chi connectivity index (χ0n) is 12.8. The normalized spacial score (nSPS) is 11.8. The number of fused-ring (bicyclic) bond motifs is 1. The van der Waals surface area contributed by atoms with Crippen LogP contribution in [0.25, 0.3) is 11.0 Å². The number of nitriles is 1. The topological polar surface area (TPSA) is 54.0 Å². The van der Waals surface area contributed by atoms with Gasteiger partial charge in [-0.05, 0) is 29.7 Å². The monoisotopic (exact) mass is 319 g/mol. The van der Waals surface area contributed by atoms with E-state index >= 15 is 0 Å². The van der Waals surface area contributed by atoms with Gasteiger partial charge in [-0.1, -0.05) is 36.4 Å². The summed E-state index contributed by atoms with van der Waals surface area (Å²) in [7, 11) is 0. The average molecular weight is 319 g/mol. The molecule has 24 heavy (non-hydrogen) atoms. The van der Waals surface area contributed by atoms with Crippen LogP contribution in [0.3, 0.4) is 0 Å². The van der Waals surface area contributed by atoms with Gasteiger partial charge in [0, 0.05) is 17.4 Å². The van der Waals surface area contributed by atoms with Gasteiger partial charge in [-0.25, -0.2) is 9.18 Å². The minimum Gasteiger partial charge on any atom is -0.422 e. The van der Waals surface area contributed by atoms with Gasteiger partial charge in [-0.15, -0.1) is 6.58 Å². The molecule has 0 fully saturated rings. The fraction of sp³-hybridized carbons (Fsp3) is 0.100. The third-order valence-electron chi connectivity index (χ3n) is 4.03. The second-order valence-electron chi connectivity index (χ2n) is 5.45. The maximum atomic E-state index is 13.4. The number of hydrogen-bond acceptors (Lipinski definition) is 3. The Balaban J connectivity index is 2.19. The SMILES string of the molecule is C=C[C@H](Cc1c(C#N)c(=O)oc2cc(F)ccc12)c1ccccc1. The number of rotatable bonds is 4. The lowest BCUT2D eigenvalue weighted by Crippen LogP contribution is -2.11. The van der Waals surface area contributed by atoms with E-state index in [1.54, 1.807) is 6.08 Å². The van der Waals surface area contributed by atoms with E-state index < -0.39 is 11.4 Å². The summed E-state index contributed by atoms with van der Waals surface area (Å²) < 4.78 is 18.5. The molecule has 3 aromatic rings. The van der Waals surface area contributed by atoms with Gasteiger partial charge in [-0.2, -0.15) is 5.26 Å². The van der Waals surface area contributed by atoms with Crippen molar-refractivity contribution < 1.29 is 8.81 Å². The Bertz CT molecular complexity index is 1000. The zero-order chi connectivity index (χ0) is 17.1. The number of hydrogen-bond donors (Lipinski definition) is 0. The molecule has 0 aliphatic heterocycles. The quantitative estimate of drug-likeness (QED) is 0.531. The van der Waals surface area contributed by atoms with Crippen LogP contribution in [0.5, 0.6) is 0 Å². The molecule has 3 rings (SSSR count). The molecule has 4 heteroatoms. The van der Waals surface area contributed by atoms with E-state index in [-0.39, 0.29) is 17.1 Å². The summed E-state index contributed by atoms with van der Waals surface area (Å²) in [4.78, 5) is 12.1. The van der Waals surface area contributed by atoms with Crippen molar-refractivity contribution in [1.82, 2.24) is 0 Å². The predicted molar refractivity (Wildman–Crippen MR) is 90.2 cm³/mol. The molecule has 3 nitrogen and oxygen atoms in total. The summed E-state index contributed by atoms with van der Waals surface area (Å²) in [5, 5.41) is 9.92. The zero-order valence-corrected chi connectivity index (χ0v) is 12.8. The van der Waals surface area contributed by atoms with Crippen LogP contribution < -0.4 is 5.63 Å². The molecule has 0 spiro atoms. The molecular formula is C20H14FNO2. The lowest BCUT2D eigenvalue weighted by molar-refractivity contribution is 0.549. The molecule has 0 radical (unpaired) electrons. The van der Waals surface area contributed by atoms with Crippen LogP contribution in [0.15, 0.2) is 70.4 Å². The molecule has 0 saturated heterocycles. The molecule has 1 heterocycles. The van der Waals surface area contributed by atoms with Gasteiger partial charge in [0.2, 0.25) is 0 Å². The number of benzene rings is 2. The summed E-state index contributed by atoms with van der Waals surface area (Å²) in [6.07, 6.45) is 2.19. The molecule has 0 saturated carbocycles. The molecule has 0 aliphatic carbocycles. The first-order valence-corrected chi connectivity index (χ1v) is 7.47. The smallest absolute Gasteiger partial charge is 0.354 e. The minimum absolute atomic E-state index is 0.0445. The van der Waals surface area contributed by atoms with Gasteiger partial charge in [0.15, 0.2) is 0 Å². The van der Waals surface area contributed by atoms with Crippen molar-refractivity contribution >= 4 is 11.0 Å². The van der Waals surface area contributed by atoms with E-state index in [4.69, 9.17) is 4.42 Å². The highest BCUT2D eigenvalue weighted by Gasteiger charge is 2.18. The van der Waals surface area contributed by atoms with Crippen LogP contribution in [0.4, 0.5) is 4.39 Å². The van der Waals surface area contributed by atoms with Crippen molar-refractivity contribution in [3.05, 3.63) is 94.1 Å². The van der Waals surface area contributed by atoms with E-state index in [9.17, 15) is 14.4 Å².